The van der Waals surface area contributed by atoms with Crippen LogP contribution in [0.25, 0.3) is 0 Å². The molecule has 2 nitrogen and oxygen atoms in total. The molecule has 1 aliphatic rings. The number of Topliss-reactive ketones (excluding diaryl/α,β-unsaturated/α-hetero) is 1. The molecule has 0 saturated heterocycles. The highest BCUT2D eigenvalue weighted by Gasteiger charge is 2.36. The van der Waals surface area contributed by atoms with Gasteiger partial charge in [-0.25, -0.2) is 0 Å². The summed E-state index contributed by atoms with van der Waals surface area (Å²) in [7, 11) is 0. The predicted molar refractivity (Wildman–Crippen MR) is 67.1 cm³/mol. The van der Waals surface area contributed by atoms with E-state index in [1.165, 1.54) is 5.56 Å². The third kappa shape index (κ3) is 1.60. The zero-order valence-electron chi connectivity index (χ0n) is 9.84. The Morgan fingerprint density at radius 2 is 1.88 bits per heavy atom. The number of carbonyl (C=O) groups is 1. The van der Waals surface area contributed by atoms with Crippen LogP contribution in [-0.2, 0) is 6.42 Å². The largest absolute Gasteiger partial charge is 0.342 e. The molecule has 1 aliphatic heterocycles. The van der Waals surface area contributed by atoms with Crippen molar-refractivity contribution in [3.05, 3.63) is 59.9 Å². The van der Waals surface area contributed by atoms with Gasteiger partial charge < -0.3 is 4.57 Å². The molecule has 0 radical (unpaired) electrons. The summed E-state index contributed by atoms with van der Waals surface area (Å²) in [5.41, 5.74) is 2.10. The zero-order chi connectivity index (χ0) is 11.8. The first kappa shape index (κ1) is 10.3. The Labute approximate surface area is 101 Å². The number of ketones is 1. The van der Waals surface area contributed by atoms with E-state index in [0.29, 0.717) is 0 Å². The fraction of sp³-hybridized carbons (Fsp3) is 0.267. The number of hydrogen-bond donors (Lipinski definition) is 0. The van der Waals surface area contributed by atoms with E-state index in [1.54, 1.807) is 0 Å². The minimum absolute atomic E-state index is 0.0913. The van der Waals surface area contributed by atoms with Crippen molar-refractivity contribution < 1.29 is 4.79 Å². The van der Waals surface area contributed by atoms with Crippen LogP contribution in [0.2, 0.25) is 0 Å². The molecule has 17 heavy (non-hydrogen) atoms. The van der Waals surface area contributed by atoms with Crippen LogP contribution < -0.4 is 0 Å². The van der Waals surface area contributed by atoms with E-state index in [1.807, 2.05) is 36.5 Å². The number of benzene rings is 1. The molecule has 0 saturated carbocycles. The smallest absolute Gasteiger partial charge is 0.184 e. The van der Waals surface area contributed by atoms with Crippen molar-refractivity contribution in [2.24, 2.45) is 5.92 Å². The van der Waals surface area contributed by atoms with Crippen LogP contribution in [0.1, 0.15) is 29.0 Å². The summed E-state index contributed by atoms with van der Waals surface area (Å²) in [4.78, 5) is 12.3. The maximum atomic E-state index is 12.3. The van der Waals surface area contributed by atoms with Gasteiger partial charge in [0.05, 0.1) is 5.69 Å². The van der Waals surface area contributed by atoms with E-state index in [9.17, 15) is 4.79 Å². The van der Waals surface area contributed by atoms with Crippen LogP contribution >= 0.6 is 0 Å². The first-order chi connectivity index (χ1) is 8.27. The van der Waals surface area contributed by atoms with E-state index in [2.05, 4.69) is 23.6 Å². The highest BCUT2D eigenvalue weighted by molar-refractivity contribution is 5.99. The lowest BCUT2D eigenvalue weighted by molar-refractivity contribution is 0.0923. The van der Waals surface area contributed by atoms with Crippen molar-refractivity contribution in [2.75, 3.05) is 0 Å². The van der Waals surface area contributed by atoms with Crippen LogP contribution in [0.15, 0.2) is 48.7 Å². The first-order valence-electron chi connectivity index (χ1n) is 6.02. The Kier molecular flexibility index (Phi) is 2.36. The average Bonchev–Trinajstić information content (AvgIpc) is 2.91. The fourth-order valence-corrected chi connectivity index (χ4v) is 2.69. The van der Waals surface area contributed by atoms with Crippen LogP contribution in [0.3, 0.4) is 0 Å². The SMILES string of the molecule is CC1C(Cc2ccccc2)C(=O)c2cccn21. The molecule has 2 unspecified atom stereocenters. The summed E-state index contributed by atoms with van der Waals surface area (Å²) < 4.78 is 2.09. The van der Waals surface area contributed by atoms with Gasteiger partial charge in [0.1, 0.15) is 0 Å². The molecular formula is C15H15NO. The van der Waals surface area contributed by atoms with Gasteiger partial charge in [0, 0.05) is 18.2 Å². The molecule has 0 spiro atoms. The van der Waals surface area contributed by atoms with Gasteiger partial charge in [0.15, 0.2) is 5.78 Å². The Morgan fingerprint density at radius 3 is 2.59 bits per heavy atom. The maximum absolute atomic E-state index is 12.3. The van der Waals surface area contributed by atoms with Crippen molar-refractivity contribution >= 4 is 5.78 Å². The van der Waals surface area contributed by atoms with Gasteiger partial charge in [-0.1, -0.05) is 30.3 Å². The third-order valence-electron chi connectivity index (χ3n) is 3.69. The second-order valence-corrected chi connectivity index (χ2v) is 4.70. The molecule has 0 bridgehead atoms. The molecule has 2 heteroatoms. The number of fused-ring (bicyclic) bond motifs is 1. The van der Waals surface area contributed by atoms with Crippen molar-refractivity contribution in [3.63, 3.8) is 0 Å². The number of carbonyl (C=O) groups excluding carboxylic acids is 1. The second-order valence-electron chi connectivity index (χ2n) is 4.70. The molecule has 0 N–H and O–H groups in total. The molecule has 0 aliphatic carbocycles. The zero-order valence-corrected chi connectivity index (χ0v) is 9.84. The summed E-state index contributed by atoms with van der Waals surface area (Å²) >= 11 is 0. The molecule has 1 aromatic carbocycles. The number of nitrogens with zero attached hydrogens (tertiary/aromatic N) is 1. The summed E-state index contributed by atoms with van der Waals surface area (Å²) in [5.74, 6) is 0.375. The van der Waals surface area contributed by atoms with Crippen LogP contribution in [0, 0.1) is 5.92 Å². The lowest BCUT2D eigenvalue weighted by Gasteiger charge is -2.15. The standard InChI is InChI=1S/C15H15NO/c1-11-13(10-12-6-3-2-4-7-12)15(17)14-8-5-9-16(11)14/h2-9,11,13H,10H2,1H3. The lowest BCUT2D eigenvalue weighted by atomic mass is 9.91. The van der Waals surface area contributed by atoms with Gasteiger partial charge in [-0.05, 0) is 31.0 Å². The number of rotatable bonds is 2. The fourth-order valence-electron chi connectivity index (χ4n) is 2.69. The van der Waals surface area contributed by atoms with Crippen molar-refractivity contribution in [3.8, 4) is 0 Å². The molecule has 2 atom stereocenters. The lowest BCUT2D eigenvalue weighted by Crippen LogP contribution is -2.16. The van der Waals surface area contributed by atoms with Crippen molar-refractivity contribution in [2.45, 2.75) is 19.4 Å². The number of hydrogen-bond acceptors (Lipinski definition) is 1. The van der Waals surface area contributed by atoms with Gasteiger partial charge in [0.2, 0.25) is 0 Å². The van der Waals surface area contributed by atoms with E-state index in [-0.39, 0.29) is 17.7 Å². The molecule has 1 aromatic heterocycles. The van der Waals surface area contributed by atoms with E-state index in [4.69, 9.17) is 0 Å². The summed E-state index contributed by atoms with van der Waals surface area (Å²) in [6.07, 6.45) is 2.84. The Balaban J connectivity index is 1.87. The van der Waals surface area contributed by atoms with Crippen LogP contribution in [0.4, 0.5) is 0 Å². The highest BCUT2D eigenvalue weighted by Crippen LogP contribution is 2.33. The van der Waals surface area contributed by atoms with Gasteiger partial charge in [-0.3, -0.25) is 4.79 Å². The Bertz CT molecular complexity index is 541. The average molecular weight is 225 g/mol. The van der Waals surface area contributed by atoms with Crippen molar-refractivity contribution in [1.29, 1.82) is 0 Å². The maximum Gasteiger partial charge on any atom is 0.184 e. The molecule has 0 fully saturated rings. The molecule has 2 heterocycles. The van der Waals surface area contributed by atoms with Gasteiger partial charge in [-0.2, -0.15) is 0 Å². The van der Waals surface area contributed by atoms with Gasteiger partial charge in [-0.15, -0.1) is 0 Å². The Hall–Kier alpha value is -1.83. The molecule has 3 rings (SSSR count). The van der Waals surface area contributed by atoms with Gasteiger partial charge >= 0.3 is 0 Å². The topological polar surface area (TPSA) is 22.0 Å². The van der Waals surface area contributed by atoms with Crippen LogP contribution in [0.5, 0.6) is 0 Å². The second kappa shape index (κ2) is 3.88. The number of aromatic nitrogens is 1. The summed E-state index contributed by atoms with van der Waals surface area (Å²) in [5, 5.41) is 0. The molecule has 0 amide bonds. The van der Waals surface area contributed by atoms with Gasteiger partial charge in [0.25, 0.3) is 0 Å². The summed E-state index contributed by atoms with van der Waals surface area (Å²) in [6, 6.07) is 14.4. The van der Waals surface area contributed by atoms with E-state index >= 15 is 0 Å². The Morgan fingerprint density at radius 1 is 1.12 bits per heavy atom. The predicted octanol–water partition coefficient (Wildman–Crippen LogP) is 3.10. The third-order valence-corrected chi connectivity index (χ3v) is 3.69. The minimum atomic E-state index is 0.0913. The molecule has 2 aromatic rings. The van der Waals surface area contributed by atoms with Crippen molar-refractivity contribution in [1.82, 2.24) is 4.57 Å². The highest BCUT2D eigenvalue weighted by atomic mass is 16.1. The van der Waals surface area contributed by atoms with E-state index < -0.39 is 0 Å². The van der Waals surface area contributed by atoms with E-state index in [0.717, 1.165) is 12.1 Å². The normalized spacial score (nSPS) is 22.8. The monoisotopic (exact) mass is 225 g/mol. The van der Waals surface area contributed by atoms with Crippen LogP contribution in [-0.4, -0.2) is 10.4 Å². The molecular weight excluding hydrogens is 210 g/mol. The molecule has 86 valence electrons. The summed E-state index contributed by atoms with van der Waals surface area (Å²) in [6.45, 7) is 2.13. The first-order valence-corrected chi connectivity index (χ1v) is 6.02. The minimum Gasteiger partial charge on any atom is -0.342 e. The quantitative estimate of drug-likeness (QED) is 0.769.